The van der Waals surface area contributed by atoms with Gasteiger partial charge in [-0.1, -0.05) is 0 Å². The number of imidazole rings is 1. The molecule has 1 fully saturated rings. The van der Waals surface area contributed by atoms with E-state index in [0.717, 1.165) is 38.3 Å². The number of benzene rings is 1. The van der Waals surface area contributed by atoms with Gasteiger partial charge in [-0.25, -0.2) is 18.9 Å². The SMILES string of the molecule is O=c1[nH]c(C2CCN(CC3=NCCC=N3)C2)nn2c(-c3ccc(F)cc3)ncc12. The summed E-state index contributed by atoms with van der Waals surface area (Å²) in [5, 5.41) is 4.68. The van der Waals surface area contributed by atoms with E-state index in [0.29, 0.717) is 29.3 Å². The monoisotopic (exact) mass is 393 g/mol. The van der Waals surface area contributed by atoms with Crippen LogP contribution in [0, 0.1) is 5.82 Å². The van der Waals surface area contributed by atoms with Crippen molar-refractivity contribution in [3.8, 4) is 11.4 Å². The fraction of sp³-hybridized carbons (Fsp3) is 0.350. The first kappa shape index (κ1) is 17.9. The summed E-state index contributed by atoms with van der Waals surface area (Å²) < 4.78 is 14.8. The Morgan fingerprint density at radius 2 is 2.10 bits per heavy atom. The molecule has 1 N–H and O–H groups in total. The highest BCUT2D eigenvalue weighted by Crippen LogP contribution is 2.25. The van der Waals surface area contributed by atoms with Crippen LogP contribution >= 0.6 is 0 Å². The summed E-state index contributed by atoms with van der Waals surface area (Å²) in [6, 6.07) is 6.01. The number of halogens is 1. The zero-order valence-corrected chi connectivity index (χ0v) is 15.8. The van der Waals surface area contributed by atoms with Crippen LogP contribution in [0.2, 0.25) is 0 Å². The van der Waals surface area contributed by atoms with E-state index in [4.69, 9.17) is 0 Å². The average Bonchev–Trinajstić information content (AvgIpc) is 3.37. The molecule has 8 nitrogen and oxygen atoms in total. The molecule has 0 radical (unpaired) electrons. The van der Waals surface area contributed by atoms with Gasteiger partial charge >= 0.3 is 0 Å². The van der Waals surface area contributed by atoms with E-state index in [-0.39, 0.29) is 17.3 Å². The maximum atomic E-state index is 13.3. The van der Waals surface area contributed by atoms with Gasteiger partial charge in [-0.05, 0) is 37.2 Å². The number of hydrogen-bond acceptors (Lipinski definition) is 6. The third-order valence-corrected chi connectivity index (χ3v) is 5.34. The van der Waals surface area contributed by atoms with Crippen LogP contribution in [0.1, 0.15) is 24.6 Å². The largest absolute Gasteiger partial charge is 0.307 e. The lowest BCUT2D eigenvalue weighted by atomic mass is 10.1. The third-order valence-electron chi connectivity index (χ3n) is 5.34. The van der Waals surface area contributed by atoms with Gasteiger partial charge in [0.25, 0.3) is 5.56 Å². The average molecular weight is 393 g/mol. The van der Waals surface area contributed by atoms with E-state index in [1.54, 1.807) is 16.6 Å². The Balaban J connectivity index is 1.43. The van der Waals surface area contributed by atoms with E-state index in [1.807, 2.05) is 6.21 Å². The summed E-state index contributed by atoms with van der Waals surface area (Å²) in [5.41, 5.74) is 0.848. The number of nitrogens with zero attached hydrogens (tertiary/aromatic N) is 6. The Bertz CT molecular complexity index is 1160. The van der Waals surface area contributed by atoms with Gasteiger partial charge in [0.2, 0.25) is 0 Å². The molecule has 2 aromatic heterocycles. The maximum absolute atomic E-state index is 13.3. The Labute approximate surface area is 165 Å². The highest BCUT2D eigenvalue weighted by atomic mass is 19.1. The molecule has 0 spiro atoms. The molecule has 5 rings (SSSR count). The number of fused-ring (bicyclic) bond motifs is 1. The van der Waals surface area contributed by atoms with Crippen LogP contribution in [-0.4, -0.2) is 62.7 Å². The molecule has 0 amide bonds. The molecule has 0 bridgehead atoms. The van der Waals surface area contributed by atoms with Crippen molar-refractivity contribution in [3.63, 3.8) is 0 Å². The summed E-state index contributed by atoms with van der Waals surface area (Å²) in [4.78, 5) is 30.9. The second-order valence-electron chi connectivity index (χ2n) is 7.34. The van der Waals surface area contributed by atoms with E-state index >= 15 is 0 Å². The molecule has 1 atom stereocenters. The highest BCUT2D eigenvalue weighted by molar-refractivity contribution is 5.92. The molecule has 1 saturated heterocycles. The van der Waals surface area contributed by atoms with Crippen molar-refractivity contribution in [1.29, 1.82) is 0 Å². The van der Waals surface area contributed by atoms with Crippen molar-refractivity contribution < 1.29 is 4.39 Å². The maximum Gasteiger partial charge on any atom is 0.276 e. The summed E-state index contributed by atoms with van der Waals surface area (Å²) in [7, 11) is 0. The first-order valence-corrected chi connectivity index (χ1v) is 9.69. The number of aromatic amines is 1. The van der Waals surface area contributed by atoms with E-state index in [9.17, 15) is 9.18 Å². The molecule has 4 heterocycles. The Morgan fingerprint density at radius 3 is 2.90 bits per heavy atom. The lowest BCUT2D eigenvalue weighted by Gasteiger charge is -2.16. The van der Waals surface area contributed by atoms with Gasteiger partial charge < -0.3 is 4.98 Å². The van der Waals surface area contributed by atoms with E-state index in [1.165, 1.54) is 18.3 Å². The molecule has 9 heteroatoms. The minimum Gasteiger partial charge on any atom is -0.307 e. The summed E-state index contributed by atoms with van der Waals surface area (Å²) >= 11 is 0. The second kappa shape index (κ2) is 7.32. The number of aliphatic imine (C=N–C) groups is 2. The number of likely N-dealkylation sites (tertiary alicyclic amines) is 1. The van der Waals surface area contributed by atoms with Gasteiger partial charge in [0, 0.05) is 37.2 Å². The van der Waals surface area contributed by atoms with Crippen LogP contribution in [-0.2, 0) is 0 Å². The fourth-order valence-corrected chi connectivity index (χ4v) is 3.85. The smallest absolute Gasteiger partial charge is 0.276 e. The predicted octanol–water partition coefficient (Wildman–Crippen LogP) is 1.89. The Hall–Kier alpha value is -3.20. The van der Waals surface area contributed by atoms with Gasteiger partial charge in [0.1, 0.15) is 17.5 Å². The van der Waals surface area contributed by atoms with Gasteiger partial charge in [-0.2, -0.15) is 5.10 Å². The van der Waals surface area contributed by atoms with Crippen LogP contribution in [0.25, 0.3) is 16.9 Å². The topological polar surface area (TPSA) is 91.0 Å². The number of rotatable bonds is 4. The molecule has 1 unspecified atom stereocenters. The summed E-state index contributed by atoms with van der Waals surface area (Å²) in [5.74, 6) is 1.82. The minimum atomic E-state index is -0.320. The number of amidine groups is 1. The first-order chi connectivity index (χ1) is 14.2. The van der Waals surface area contributed by atoms with Gasteiger partial charge in [-0.15, -0.1) is 0 Å². The molecule has 3 aromatic rings. The van der Waals surface area contributed by atoms with Crippen molar-refractivity contribution >= 4 is 17.6 Å². The molecular weight excluding hydrogens is 373 g/mol. The Kier molecular flexibility index (Phi) is 4.51. The van der Waals surface area contributed by atoms with Crippen LogP contribution in [0.15, 0.2) is 45.2 Å². The van der Waals surface area contributed by atoms with E-state index in [2.05, 4.69) is 30.0 Å². The molecular formula is C20H20FN7O. The van der Waals surface area contributed by atoms with Crippen LogP contribution in [0.5, 0.6) is 0 Å². The van der Waals surface area contributed by atoms with Gasteiger partial charge in [0.05, 0.1) is 12.7 Å². The van der Waals surface area contributed by atoms with Crippen molar-refractivity contribution in [1.82, 2.24) is 24.5 Å². The lowest BCUT2D eigenvalue weighted by Crippen LogP contribution is -2.28. The van der Waals surface area contributed by atoms with Crippen LogP contribution < -0.4 is 5.56 Å². The lowest BCUT2D eigenvalue weighted by molar-refractivity contribution is 0.379. The van der Waals surface area contributed by atoms with Gasteiger partial charge in [0.15, 0.2) is 11.3 Å². The Morgan fingerprint density at radius 1 is 1.24 bits per heavy atom. The standard InChI is InChI=1S/C20H20FN7O/c21-15-4-2-13(3-5-15)19-24-10-16-20(29)25-18(26-28(16)19)14-6-9-27(11-14)12-17-22-7-1-8-23-17/h2-5,7,10,14H,1,6,8-9,11-12H2,(H,25,26,29). The molecule has 0 aliphatic carbocycles. The van der Waals surface area contributed by atoms with Crippen LogP contribution in [0.3, 0.4) is 0 Å². The van der Waals surface area contributed by atoms with E-state index < -0.39 is 0 Å². The number of nitrogens with one attached hydrogen (secondary N) is 1. The molecule has 148 valence electrons. The zero-order chi connectivity index (χ0) is 19.8. The predicted molar refractivity (Wildman–Crippen MR) is 108 cm³/mol. The molecule has 0 saturated carbocycles. The molecule has 2 aliphatic heterocycles. The minimum absolute atomic E-state index is 0.115. The summed E-state index contributed by atoms with van der Waals surface area (Å²) in [6.45, 7) is 3.19. The molecule has 2 aliphatic rings. The normalized spacial score (nSPS) is 19.8. The second-order valence-corrected chi connectivity index (χ2v) is 7.34. The first-order valence-electron chi connectivity index (χ1n) is 9.69. The van der Waals surface area contributed by atoms with Crippen molar-refractivity contribution in [2.24, 2.45) is 9.98 Å². The van der Waals surface area contributed by atoms with Crippen molar-refractivity contribution in [3.05, 3.63) is 52.5 Å². The van der Waals surface area contributed by atoms with Gasteiger partial charge in [-0.3, -0.25) is 14.7 Å². The number of hydrogen-bond donors (Lipinski definition) is 1. The molecule has 29 heavy (non-hydrogen) atoms. The van der Waals surface area contributed by atoms with Crippen molar-refractivity contribution in [2.45, 2.75) is 18.8 Å². The third kappa shape index (κ3) is 3.49. The fourth-order valence-electron chi connectivity index (χ4n) is 3.85. The number of H-pyrrole nitrogens is 1. The number of aromatic nitrogens is 4. The zero-order valence-electron chi connectivity index (χ0n) is 15.8. The molecule has 1 aromatic carbocycles. The van der Waals surface area contributed by atoms with Crippen molar-refractivity contribution in [2.75, 3.05) is 26.2 Å². The van der Waals surface area contributed by atoms with Crippen LogP contribution in [0.4, 0.5) is 4.39 Å². The summed E-state index contributed by atoms with van der Waals surface area (Å²) in [6.07, 6.45) is 5.21. The quantitative estimate of drug-likeness (QED) is 0.733. The highest BCUT2D eigenvalue weighted by Gasteiger charge is 2.27.